The second kappa shape index (κ2) is 5.33. The number of carbonyl (C=O) groups excluding carboxylic acids is 1. The zero-order valence-electron chi connectivity index (χ0n) is 11.3. The molecule has 1 aromatic carbocycles. The third-order valence-electron chi connectivity index (χ3n) is 3.69. The van der Waals surface area contributed by atoms with Gasteiger partial charge in [0.15, 0.2) is 0 Å². The summed E-state index contributed by atoms with van der Waals surface area (Å²) in [7, 11) is 1.38. The van der Waals surface area contributed by atoms with Crippen molar-refractivity contribution in [3.63, 3.8) is 0 Å². The summed E-state index contributed by atoms with van der Waals surface area (Å²) in [6, 6.07) is 11.9. The quantitative estimate of drug-likeness (QED) is 0.866. The first-order valence-corrected chi connectivity index (χ1v) is 6.64. The largest absolute Gasteiger partial charge is 0.465 e. The molecule has 4 nitrogen and oxygen atoms in total. The maximum Gasteiger partial charge on any atom is 0.341 e. The number of nitrogens with zero attached hydrogens (tertiary/aromatic N) is 1. The Kier molecular flexibility index (Phi) is 3.37. The molecule has 1 unspecified atom stereocenters. The van der Waals surface area contributed by atoms with E-state index >= 15 is 0 Å². The molecule has 0 aliphatic heterocycles. The number of esters is 1. The number of nitrogens with one attached hydrogen (secondary N) is 1. The Morgan fingerprint density at radius 3 is 3.00 bits per heavy atom. The minimum atomic E-state index is -0.366. The lowest BCUT2D eigenvalue weighted by Crippen LogP contribution is -2.25. The summed E-state index contributed by atoms with van der Waals surface area (Å²) in [6.45, 7) is 0.776. The summed E-state index contributed by atoms with van der Waals surface area (Å²) in [5, 5.41) is 3.26. The smallest absolute Gasteiger partial charge is 0.341 e. The molecule has 4 heteroatoms. The first kappa shape index (κ1) is 12.7. The molecule has 0 amide bonds. The molecule has 1 aliphatic rings. The fourth-order valence-corrected chi connectivity index (χ4v) is 2.59. The number of fused-ring (bicyclic) bond motifs is 1. The maximum atomic E-state index is 11.7. The van der Waals surface area contributed by atoms with Crippen molar-refractivity contribution in [3.05, 3.63) is 59.3 Å². The maximum absolute atomic E-state index is 11.7. The van der Waals surface area contributed by atoms with Crippen molar-refractivity contribution in [2.75, 3.05) is 19.0 Å². The van der Waals surface area contributed by atoms with Crippen LogP contribution >= 0.6 is 0 Å². The molecular weight excluding hydrogens is 252 g/mol. The van der Waals surface area contributed by atoms with E-state index in [-0.39, 0.29) is 5.97 Å². The average Bonchev–Trinajstić information content (AvgIpc) is 2.48. The highest BCUT2D eigenvalue weighted by atomic mass is 16.5. The van der Waals surface area contributed by atoms with Gasteiger partial charge in [0.1, 0.15) is 11.4 Å². The Hall–Kier alpha value is -2.36. The molecule has 0 saturated heterocycles. The number of ether oxygens (including phenoxy) is 1. The Balaban J connectivity index is 1.70. The summed E-state index contributed by atoms with van der Waals surface area (Å²) >= 11 is 0. The van der Waals surface area contributed by atoms with E-state index in [2.05, 4.69) is 34.6 Å². The number of hydrogen-bond acceptors (Lipinski definition) is 4. The van der Waals surface area contributed by atoms with Crippen molar-refractivity contribution in [2.45, 2.75) is 12.3 Å². The second-order valence-electron chi connectivity index (χ2n) is 4.87. The molecule has 0 saturated carbocycles. The molecular formula is C16H16N2O2. The monoisotopic (exact) mass is 268 g/mol. The van der Waals surface area contributed by atoms with Gasteiger partial charge in [-0.15, -0.1) is 0 Å². The van der Waals surface area contributed by atoms with E-state index in [0.29, 0.717) is 17.3 Å². The predicted octanol–water partition coefficient (Wildman–Crippen LogP) is 2.62. The van der Waals surface area contributed by atoms with Gasteiger partial charge in [0.05, 0.1) is 7.11 Å². The number of methoxy groups -OCH3 is 1. The lowest BCUT2D eigenvalue weighted by molar-refractivity contribution is 0.0601. The molecule has 102 valence electrons. The number of pyridine rings is 1. The van der Waals surface area contributed by atoms with Gasteiger partial charge in [-0.25, -0.2) is 9.78 Å². The Morgan fingerprint density at radius 1 is 1.35 bits per heavy atom. The molecule has 0 bridgehead atoms. The molecule has 20 heavy (non-hydrogen) atoms. The van der Waals surface area contributed by atoms with Crippen LogP contribution in [0.1, 0.15) is 27.4 Å². The molecule has 1 N–H and O–H groups in total. The van der Waals surface area contributed by atoms with Crippen molar-refractivity contribution in [1.82, 2.24) is 4.98 Å². The molecule has 1 aliphatic carbocycles. The Bertz CT molecular complexity index is 640. The van der Waals surface area contributed by atoms with E-state index in [0.717, 1.165) is 13.0 Å². The third kappa shape index (κ3) is 2.25. The minimum absolute atomic E-state index is 0.366. The van der Waals surface area contributed by atoms with Gasteiger partial charge in [-0.2, -0.15) is 0 Å². The van der Waals surface area contributed by atoms with Crippen LogP contribution in [-0.2, 0) is 11.2 Å². The van der Waals surface area contributed by atoms with Crippen LogP contribution in [-0.4, -0.2) is 24.6 Å². The van der Waals surface area contributed by atoms with Crippen LogP contribution in [0.5, 0.6) is 0 Å². The van der Waals surface area contributed by atoms with Gasteiger partial charge in [0, 0.05) is 18.7 Å². The van der Waals surface area contributed by atoms with E-state index in [9.17, 15) is 4.79 Å². The van der Waals surface area contributed by atoms with E-state index < -0.39 is 0 Å². The van der Waals surface area contributed by atoms with Gasteiger partial charge in [-0.1, -0.05) is 24.3 Å². The molecule has 3 rings (SSSR count). The summed E-state index contributed by atoms with van der Waals surface area (Å²) in [5.74, 6) is 0.706. The summed E-state index contributed by atoms with van der Waals surface area (Å²) in [6.07, 6.45) is 2.74. The summed E-state index contributed by atoms with van der Waals surface area (Å²) in [4.78, 5) is 15.9. The Labute approximate surface area is 117 Å². The van der Waals surface area contributed by atoms with E-state index in [4.69, 9.17) is 4.74 Å². The Morgan fingerprint density at radius 2 is 2.20 bits per heavy atom. The first-order chi connectivity index (χ1) is 9.79. The van der Waals surface area contributed by atoms with Crippen molar-refractivity contribution in [3.8, 4) is 0 Å². The van der Waals surface area contributed by atoms with E-state index in [1.54, 1.807) is 18.3 Å². The zero-order valence-corrected chi connectivity index (χ0v) is 11.3. The number of hydrogen-bond donors (Lipinski definition) is 1. The first-order valence-electron chi connectivity index (χ1n) is 6.64. The van der Waals surface area contributed by atoms with E-state index in [1.165, 1.54) is 18.2 Å². The van der Waals surface area contributed by atoms with E-state index in [1.807, 2.05) is 0 Å². The van der Waals surface area contributed by atoms with Crippen LogP contribution in [0.2, 0.25) is 0 Å². The molecule has 0 spiro atoms. The highest BCUT2D eigenvalue weighted by Crippen LogP contribution is 2.34. The van der Waals surface area contributed by atoms with Crippen LogP contribution < -0.4 is 5.32 Å². The van der Waals surface area contributed by atoms with Crippen LogP contribution in [0.4, 0.5) is 5.82 Å². The lowest BCUT2D eigenvalue weighted by atomic mass is 9.77. The number of benzene rings is 1. The SMILES string of the molecule is COC(=O)c1cccnc1NCC1Cc2ccccc21. The predicted molar refractivity (Wildman–Crippen MR) is 77.0 cm³/mol. The third-order valence-corrected chi connectivity index (χ3v) is 3.69. The van der Waals surface area contributed by atoms with Gasteiger partial charge >= 0.3 is 5.97 Å². The molecule has 0 radical (unpaired) electrons. The van der Waals surface area contributed by atoms with Gasteiger partial charge in [-0.3, -0.25) is 0 Å². The van der Waals surface area contributed by atoms with Crippen LogP contribution in [0.15, 0.2) is 42.6 Å². The molecule has 1 heterocycles. The fourth-order valence-electron chi connectivity index (χ4n) is 2.59. The van der Waals surface area contributed by atoms with Crippen LogP contribution in [0.25, 0.3) is 0 Å². The van der Waals surface area contributed by atoms with Crippen molar-refractivity contribution in [2.24, 2.45) is 0 Å². The molecule has 1 atom stereocenters. The zero-order chi connectivity index (χ0) is 13.9. The number of carbonyl (C=O) groups is 1. The number of anilines is 1. The van der Waals surface area contributed by atoms with Crippen LogP contribution in [0, 0.1) is 0 Å². The van der Waals surface area contributed by atoms with Gasteiger partial charge < -0.3 is 10.1 Å². The summed E-state index contributed by atoms with van der Waals surface area (Å²) < 4.78 is 4.76. The standard InChI is InChI=1S/C16H16N2O2/c1-20-16(19)14-7-4-8-17-15(14)18-10-12-9-11-5-2-3-6-13(11)12/h2-8,12H,9-10H2,1H3,(H,17,18). The number of aromatic nitrogens is 1. The average molecular weight is 268 g/mol. The number of rotatable bonds is 4. The minimum Gasteiger partial charge on any atom is -0.465 e. The fraction of sp³-hybridized carbons (Fsp3) is 0.250. The van der Waals surface area contributed by atoms with Crippen molar-refractivity contribution >= 4 is 11.8 Å². The van der Waals surface area contributed by atoms with Gasteiger partial charge in [0.25, 0.3) is 0 Å². The molecule has 1 aromatic heterocycles. The topological polar surface area (TPSA) is 51.2 Å². The summed E-state index contributed by atoms with van der Waals surface area (Å²) in [5.41, 5.74) is 3.27. The van der Waals surface area contributed by atoms with Gasteiger partial charge in [0.2, 0.25) is 0 Å². The van der Waals surface area contributed by atoms with Crippen molar-refractivity contribution in [1.29, 1.82) is 0 Å². The normalized spacial score (nSPS) is 15.9. The highest BCUT2D eigenvalue weighted by molar-refractivity contribution is 5.94. The van der Waals surface area contributed by atoms with Gasteiger partial charge in [-0.05, 0) is 29.7 Å². The molecule has 2 aromatic rings. The highest BCUT2D eigenvalue weighted by Gasteiger charge is 2.25. The lowest BCUT2D eigenvalue weighted by Gasteiger charge is -2.30. The second-order valence-corrected chi connectivity index (χ2v) is 4.87. The van der Waals surface area contributed by atoms with Crippen molar-refractivity contribution < 1.29 is 9.53 Å². The molecule has 0 fully saturated rings. The van der Waals surface area contributed by atoms with Crippen LogP contribution in [0.3, 0.4) is 0 Å².